The Labute approximate surface area is 217 Å². The fraction of sp³-hybridized carbons (Fsp3) is 0.250. The van der Waals surface area contributed by atoms with Crippen molar-refractivity contribution < 1.29 is 19.4 Å². The molecule has 1 aliphatic heterocycles. The number of fused-ring (bicyclic) bond motifs is 3. The van der Waals surface area contributed by atoms with Gasteiger partial charge < -0.3 is 19.9 Å². The van der Waals surface area contributed by atoms with Crippen LogP contribution in [0.2, 0.25) is 5.02 Å². The van der Waals surface area contributed by atoms with Crippen LogP contribution in [0.25, 0.3) is 0 Å². The van der Waals surface area contributed by atoms with Crippen LogP contribution >= 0.6 is 27.5 Å². The van der Waals surface area contributed by atoms with Gasteiger partial charge in [-0.1, -0.05) is 48.0 Å². The third-order valence-corrected chi connectivity index (χ3v) is 7.86. The van der Waals surface area contributed by atoms with E-state index in [9.17, 15) is 9.90 Å². The summed E-state index contributed by atoms with van der Waals surface area (Å²) in [6.07, 6.45) is 5.16. The molecule has 0 spiro atoms. The summed E-state index contributed by atoms with van der Waals surface area (Å²) in [6, 6.07) is 15.2. The molecule has 3 aromatic carbocycles. The molecule has 0 aromatic heterocycles. The zero-order valence-electron chi connectivity index (χ0n) is 19.3. The third-order valence-electron chi connectivity index (χ3n) is 6.90. The zero-order chi connectivity index (χ0) is 24.7. The molecule has 0 saturated heterocycles. The van der Waals surface area contributed by atoms with E-state index in [1.165, 1.54) is 0 Å². The van der Waals surface area contributed by atoms with E-state index >= 15 is 0 Å². The second kappa shape index (κ2) is 9.59. The number of carboxylic acids is 1. The van der Waals surface area contributed by atoms with E-state index in [0.717, 1.165) is 38.8 Å². The van der Waals surface area contributed by atoms with E-state index < -0.39 is 5.97 Å². The summed E-state index contributed by atoms with van der Waals surface area (Å²) >= 11 is 9.98. The molecule has 0 bridgehead atoms. The van der Waals surface area contributed by atoms with E-state index in [4.69, 9.17) is 21.1 Å². The highest BCUT2D eigenvalue weighted by Gasteiger charge is 2.41. The highest BCUT2D eigenvalue weighted by molar-refractivity contribution is 9.10. The highest BCUT2D eigenvalue weighted by atomic mass is 79.9. The van der Waals surface area contributed by atoms with Crippen LogP contribution in [0.4, 0.5) is 5.69 Å². The summed E-state index contributed by atoms with van der Waals surface area (Å²) in [4.78, 5) is 12.0. The first-order chi connectivity index (χ1) is 16.9. The molecule has 180 valence electrons. The number of nitrogens with one attached hydrogen (secondary N) is 1. The Hall–Kier alpha value is -2.96. The Bertz CT molecular complexity index is 1340. The largest absolute Gasteiger partial charge is 0.493 e. The van der Waals surface area contributed by atoms with Crippen molar-refractivity contribution in [1.29, 1.82) is 0 Å². The summed E-state index contributed by atoms with van der Waals surface area (Å²) < 4.78 is 12.6. The van der Waals surface area contributed by atoms with Crippen molar-refractivity contribution in [2.24, 2.45) is 5.92 Å². The number of ether oxygens (including phenoxy) is 2. The van der Waals surface area contributed by atoms with Gasteiger partial charge >= 0.3 is 5.97 Å². The Balaban J connectivity index is 1.51. The predicted molar refractivity (Wildman–Crippen MR) is 141 cm³/mol. The normalized spacial score (nSPS) is 20.1. The molecule has 0 fully saturated rings. The molecule has 1 heterocycles. The molecule has 1 aliphatic carbocycles. The van der Waals surface area contributed by atoms with Crippen LogP contribution in [-0.2, 0) is 6.61 Å². The maximum absolute atomic E-state index is 12.0. The molecule has 3 atom stereocenters. The molecule has 2 aliphatic rings. The number of allylic oxidation sites excluding steroid dienone is 2. The quantitative estimate of drug-likeness (QED) is 0.308. The van der Waals surface area contributed by atoms with E-state index in [1.54, 1.807) is 13.2 Å². The number of rotatable bonds is 6. The zero-order valence-corrected chi connectivity index (χ0v) is 21.7. The maximum atomic E-state index is 12.0. The Morgan fingerprint density at radius 3 is 2.77 bits per heavy atom. The number of aromatic carboxylic acids is 1. The molecular formula is C28H25BrClNO4. The lowest BCUT2D eigenvalue weighted by atomic mass is 9.74. The predicted octanol–water partition coefficient (Wildman–Crippen LogP) is 7.52. The fourth-order valence-corrected chi connectivity index (χ4v) is 5.96. The Morgan fingerprint density at radius 1 is 1.23 bits per heavy atom. The van der Waals surface area contributed by atoms with Crippen molar-refractivity contribution in [3.8, 4) is 11.5 Å². The van der Waals surface area contributed by atoms with Gasteiger partial charge in [-0.3, -0.25) is 0 Å². The molecule has 2 N–H and O–H groups in total. The van der Waals surface area contributed by atoms with Gasteiger partial charge in [-0.25, -0.2) is 4.79 Å². The number of halogens is 2. The Kier molecular flexibility index (Phi) is 6.51. The number of carboxylic acid groups (broad SMARTS) is 1. The molecule has 0 saturated carbocycles. The van der Waals surface area contributed by atoms with Crippen molar-refractivity contribution in [2.75, 3.05) is 12.4 Å². The van der Waals surface area contributed by atoms with Gasteiger partial charge in [0, 0.05) is 22.2 Å². The molecule has 35 heavy (non-hydrogen) atoms. The van der Waals surface area contributed by atoms with Crippen LogP contribution in [0.15, 0.2) is 65.2 Å². The smallest absolute Gasteiger partial charge is 0.336 e. The van der Waals surface area contributed by atoms with Crippen LogP contribution in [0.3, 0.4) is 0 Å². The number of hydrogen-bond acceptors (Lipinski definition) is 4. The number of methoxy groups -OCH3 is 1. The molecule has 0 radical (unpaired) electrons. The molecule has 7 heteroatoms. The van der Waals surface area contributed by atoms with E-state index in [1.807, 2.05) is 43.3 Å². The lowest BCUT2D eigenvalue weighted by Gasteiger charge is -2.39. The van der Waals surface area contributed by atoms with Gasteiger partial charge in [-0.2, -0.15) is 0 Å². The summed E-state index contributed by atoms with van der Waals surface area (Å²) in [6.45, 7) is 2.32. The minimum Gasteiger partial charge on any atom is -0.493 e. The number of benzene rings is 3. The number of aryl methyl sites for hydroxylation is 1. The number of anilines is 1. The summed E-state index contributed by atoms with van der Waals surface area (Å²) in [5.74, 6) is 0.549. The minimum absolute atomic E-state index is 0.0203. The number of carbonyl (C=O) groups is 1. The maximum Gasteiger partial charge on any atom is 0.336 e. The van der Waals surface area contributed by atoms with Crippen molar-refractivity contribution in [3.63, 3.8) is 0 Å². The first kappa shape index (κ1) is 23.8. The average molecular weight is 555 g/mol. The van der Waals surface area contributed by atoms with Crippen LogP contribution < -0.4 is 14.8 Å². The third kappa shape index (κ3) is 4.30. The second-order valence-electron chi connectivity index (χ2n) is 8.91. The van der Waals surface area contributed by atoms with Gasteiger partial charge in [0.25, 0.3) is 0 Å². The highest BCUT2D eigenvalue weighted by Crippen LogP contribution is 2.53. The van der Waals surface area contributed by atoms with Gasteiger partial charge in [0.1, 0.15) is 6.61 Å². The van der Waals surface area contributed by atoms with Crippen molar-refractivity contribution in [1.82, 2.24) is 0 Å². The Morgan fingerprint density at radius 2 is 2.03 bits per heavy atom. The van der Waals surface area contributed by atoms with Crippen molar-refractivity contribution in [3.05, 3.63) is 98.0 Å². The van der Waals surface area contributed by atoms with Gasteiger partial charge in [0.15, 0.2) is 11.5 Å². The van der Waals surface area contributed by atoms with Gasteiger partial charge in [-0.05, 0) is 76.1 Å². The van der Waals surface area contributed by atoms with Gasteiger partial charge in [0.05, 0.1) is 23.2 Å². The van der Waals surface area contributed by atoms with Crippen LogP contribution in [0.5, 0.6) is 11.5 Å². The van der Waals surface area contributed by atoms with E-state index in [-0.39, 0.29) is 17.9 Å². The summed E-state index contributed by atoms with van der Waals surface area (Å²) in [5.41, 5.74) is 5.10. The first-order valence-corrected chi connectivity index (χ1v) is 12.6. The van der Waals surface area contributed by atoms with Crippen molar-refractivity contribution in [2.45, 2.75) is 31.9 Å². The molecular weight excluding hydrogens is 530 g/mol. The van der Waals surface area contributed by atoms with Crippen LogP contribution in [0.1, 0.15) is 51.0 Å². The average Bonchev–Trinajstić information content (AvgIpc) is 3.33. The van der Waals surface area contributed by atoms with Crippen LogP contribution in [-0.4, -0.2) is 18.2 Å². The van der Waals surface area contributed by atoms with Crippen LogP contribution in [0, 0.1) is 12.8 Å². The number of hydrogen-bond donors (Lipinski definition) is 2. The van der Waals surface area contributed by atoms with Crippen molar-refractivity contribution >= 4 is 39.2 Å². The summed E-state index contributed by atoms with van der Waals surface area (Å²) in [5, 5.41) is 14.1. The lowest BCUT2D eigenvalue weighted by Crippen LogP contribution is -2.31. The van der Waals surface area contributed by atoms with Gasteiger partial charge in [0.2, 0.25) is 0 Å². The standard InChI is InChI=1S/C28H25BrClNO4/c1-15-10-11-20(28(32)33)24-18-7-5-8-19(18)26(31-25(15)24)17-12-21(29)27(23(13-17)34-2)35-14-16-6-3-4-9-22(16)30/h3-7,9-13,18-19,26,31H,8,14H2,1-2H3,(H,32,33)/t18-,19-,26-/m0/s1. The van der Waals surface area contributed by atoms with E-state index in [2.05, 4.69) is 39.5 Å². The fourth-order valence-electron chi connectivity index (χ4n) is 5.20. The monoisotopic (exact) mass is 553 g/mol. The molecule has 0 unspecified atom stereocenters. The molecule has 0 amide bonds. The molecule has 5 nitrogen and oxygen atoms in total. The molecule has 3 aromatic rings. The lowest BCUT2D eigenvalue weighted by molar-refractivity contribution is 0.0695. The molecule has 5 rings (SSSR count). The van der Waals surface area contributed by atoms with E-state index in [0.29, 0.717) is 28.7 Å². The van der Waals surface area contributed by atoms with Gasteiger partial charge in [-0.15, -0.1) is 0 Å². The minimum atomic E-state index is -0.898. The second-order valence-corrected chi connectivity index (χ2v) is 10.2. The topological polar surface area (TPSA) is 67.8 Å². The first-order valence-electron chi connectivity index (χ1n) is 11.4. The summed E-state index contributed by atoms with van der Waals surface area (Å²) in [7, 11) is 1.63. The SMILES string of the molecule is COc1cc([C@@H]2Nc3c(C)ccc(C(=O)O)c3[C@H]3C=CC[C@@H]32)cc(Br)c1OCc1ccccc1Cl.